The van der Waals surface area contributed by atoms with Crippen LogP contribution in [0.4, 0.5) is 5.69 Å². The molecule has 2 unspecified atom stereocenters. The van der Waals surface area contributed by atoms with Gasteiger partial charge in [-0.1, -0.05) is 0 Å². The molecule has 6 nitrogen and oxygen atoms in total. The number of carbonyl (C=O) groups is 2. The zero-order valence-corrected chi connectivity index (χ0v) is 12.6. The summed E-state index contributed by atoms with van der Waals surface area (Å²) in [5, 5.41) is 2.85. The van der Waals surface area contributed by atoms with Crippen LogP contribution in [0.1, 0.15) is 16.8 Å². The Balaban J connectivity index is 1.76. The van der Waals surface area contributed by atoms with Gasteiger partial charge in [0.25, 0.3) is 5.91 Å². The molecule has 0 bridgehead atoms. The Morgan fingerprint density at radius 2 is 2.17 bits per heavy atom. The van der Waals surface area contributed by atoms with Gasteiger partial charge in [0.15, 0.2) is 0 Å². The second-order valence-corrected chi connectivity index (χ2v) is 5.79. The van der Waals surface area contributed by atoms with Crippen LogP contribution in [0, 0.1) is 0 Å². The molecular formula is C17H16N2O4. The van der Waals surface area contributed by atoms with Crippen LogP contribution in [0.2, 0.25) is 0 Å². The molecule has 118 valence electrons. The van der Waals surface area contributed by atoms with Gasteiger partial charge in [-0.05, 0) is 30.3 Å². The second-order valence-electron chi connectivity index (χ2n) is 5.79. The smallest absolute Gasteiger partial charge is 0.256 e. The van der Waals surface area contributed by atoms with E-state index in [2.05, 4.69) is 5.32 Å². The Morgan fingerprint density at radius 1 is 1.30 bits per heavy atom. The van der Waals surface area contributed by atoms with Gasteiger partial charge in [0.1, 0.15) is 11.8 Å². The number of hydrogen-bond donors (Lipinski definition) is 1. The van der Waals surface area contributed by atoms with Crippen molar-refractivity contribution in [2.75, 3.05) is 19.0 Å². The molecule has 1 N–H and O–H groups in total. The molecule has 2 aliphatic heterocycles. The van der Waals surface area contributed by atoms with Gasteiger partial charge in [0, 0.05) is 25.6 Å². The fourth-order valence-corrected chi connectivity index (χ4v) is 3.24. The Morgan fingerprint density at radius 3 is 2.91 bits per heavy atom. The van der Waals surface area contributed by atoms with Crippen LogP contribution in [0.15, 0.2) is 41.0 Å². The molecule has 2 amide bonds. The van der Waals surface area contributed by atoms with E-state index < -0.39 is 6.04 Å². The molecule has 0 aliphatic carbocycles. The molecule has 1 fully saturated rings. The lowest BCUT2D eigenvalue weighted by Gasteiger charge is -2.19. The highest BCUT2D eigenvalue weighted by atomic mass is 16.5. The predicted molar refractivity (Wildman–Crippen MR) is 83.0 cm³/mol. The molecular weight excluding hydrogens is 296 g/mol. The minimum atomic E-state index is -0.480. The van der Waals surface area contributed by atoms with E-state index in [1.807, 2.05) is 12.1 Å². The summed E-state index contributed by atoms with van der Waals surface area (Å²) in [6, 6.07) is 8.50. The van der Waals surface area contributed by atoms with Gasteiger partial charge >= 0.3 is 0 Å². The Labute approximate surface area is 133 Å². The SMILES string of the molecule is COC1CC2C(=O)Nc3ccc(-c4ccco4)cc3C(=O)N2C1. The largest absolute Gasteiger partial charge is 0.464 e. The number of fused-ring (bicyclic) bond motifs is 2. The van der Waals surface area contributed by atoms with Gasteiger partial charge in [-0.25, -0.2) is 0 Å². The van der Waals surface area contributed by atoms with Crippen molar-refractivity contribution in [2.24, 2.45) is 0 Å². The highest BCUT2D eigenvalue weighted by Crippen LogP contribution is 2.32. The lowest BCUT2D eigenvalue weighted by Crippen LogP contribution is -2.40. The third-order valence-corrected chi connectivity index (χ3v) is 4.47. The molecule has 1 aromatic heterocycles. The number of benzene rings is 1. The average molecular weight is 312 g/mol. The first-order valence-electron chi connectivity index (χ1n) is 7.50. The molecule has 4 rings (SSSR count). The maximum Gasteiger partial charge on any atom is 0.256 e. The van der Waals surface area contributed by atoms with Crippen molar-refractivity contribution in [1.29, 1.82) is 0 Å². The highest BCUT2D eigenvalue weighted by molar-refractivity contribution is 6.10. The third kappa shape index (κ3) is 2.22. The van der Waals surface area contributed by atoms with Crippen LogP contribution >= 0.6 is 0 Å². The lowest BCUT2D eigenvalue weighted by molar-refractivity contribution is -0.119. The standard InChI is InChI=1S/C17H16N2O4/c1-22-11-8-14-16(20)18-13-5-4-10(15-3-2-6-23-15)7-12(13)17(21)19(14)9-11/h2-7,11,14H,8-9H2,1H3,(H,18,20). The topological polar surface area (TPSA) is 71.8 Å². The second kappa shape index (κ2) is 5.24. The zero-order chi connectivity index (χ0) is 16.0. The number of nitrogens with zero attached hydrogens (tertiary/aromatic N) is 1. The van der Waals surface area contributed by atoms with Gasteiger partial charge < -0.3 is 19.4 Å². The number of amides is 2. The van der Waals surface area contributed by atoms with Crippen LogP contribution in [0.25, 0.3) is 11.3 Å². The maximum atomic E-state index is 12.9. The van der Waals surface area contributed by atoms with Crippen LogP contribution in [0.5, 0.6) is 0 Å². The summed E-state index contributed by atoms with van der Waals surface area (Å²) in [5.41, 5.74) is 1.82. The summed E-state index contributed by atoms with van der Waals surface area (Å²) in [5.74, 6) is 0.364. The molecule has 0 radical (unpaired) electrons. The number of rotatable bonds is 2. The first kappa shape index (κ1) is 14.0. The molecule has 2 aromatic rings. The first-order chi connectivity index (χ1) is 11.2. The van der Waals surface area contributed by atoms with Crippen molar-refractivity contribution in [2.45, 2.75) is 18.6 Å². The van der Waals surface area contributed by atoms with Crippen LogP contribution in [0.3, 0.4) is 0 Å². The van der Waals surface area contributed by atoms with Crippen molar-refractivity contribution in [3.8, 4) is 11.3 Å². The summed E-state index contributed by atoms with van der Waals surface area (Å²) in [6.45, 7) is 0.428. The number of anilines is 1. The summed E-state index contributed by atoms with van der Waals surface area (Å²) in [7, 11) is 1.60. The van der Waals surface area contributed by atoms with Crippen molar-refractivity contribution in [3.05, 3.63) is 42.2 Å². The summed E-state index contributed by atoms with van der Waals surface area (Å²) in [4.78, 5) is 26.9. The Bertz CT molecular complexity index is 769. The van der Waals surface area contributed by atoms with E-state index in [0.717, 1.165) is 5.56 Å². The summed E-state index contributed by atoms with van der Waals surface area (Å²) in [6.07, 6.45) is 2.00. The van der Waals surface area contributed by atoms with Crippen molar-refractivity contribution < 1.29 is 18.7 Å². The molecule has 1 saturated heterocycles. The molecule has 0 spiro atoms. The minimum Gasteiger partial charge on any atom is -0.464 e. The van der Waals surface area contributed by atoms with E-state index >= 15 is 0 Å². The fraction of sp³-hybridized carbons (Fsp3) is 0.294. The molecule has 1 aromatic carbocycles. The van der Waals surface area contributed by atoms with E-state index in [1.165, 1.54) is 0 Å². The Kier molecular flexibility index (Phi) is 3.20. The predicted octanol–water partition coefficient (Wildman–Crippen LogP) is 2.13. The van der Waals surface area contributed by atoms with Crippen LogP contribution in [-0.2, 0) is 9.53 Å². The third-order valence-electron chi connectivity index (χ3n) is 4.47. The van der Waals surface area contributed by atoms with E-state index in [9.17, 15) is 9.59 Å². The number of carbonyl (C=O) groups excluding carboxylic acids is 2. The number of ether oxygens (including phenoxy) is 1. The molecule has 6 heteroatoms. The van der Waals surface area contributed by atoms with E-state index in [0.29, 0.717) is 30.0 Å². The minimum absolute atomic E-state index is 0.107. The van der Waals surface area contributed by atoms with E-state index in [4.69, 9.17) is 9.15 Å². The van der Waals surface area contributed by atoms with Crippen molar-refractivity contribution in [1.82, 2.24) is 4.90 Å². The van der Waals surface area contributed by atoms with Gasteiger partial charge in [0.05, 0.1) is 23.6 Å². The molecule has 2 aliphatic rings. The van der Waals surface area contributed by atoms with Gasteiger partial charge in [0.2, 0.25) is 5.91 Å². The van der Waals surface area contributed by atoms with Crippen LogP contribution < -0.4 is 5.32 Å². The lowest BCUT2D eigenvalue weighted by atomic mass is 10.1. The van der Waals surface area contributed by atoms with Gasteiger partial charge in [-0.3, -0.25) is 9.59 Å². The highest BCUT2D eigenvalue weighted by Gasteiger charge is 2.42. The van der Waals surface area contributed by atoms with Gasteiger partial charge in [-0.15, -0.1) is 0 Å². The van der Waals surface area contributed by atoms with Crippen LogP contribution in [-0.4, -0.2) is 42.5 Å². The molecule has 23 heavy (non-hydrogen) atoms. The van der Waals surface area contributed by atoms with Crippen molar-refractivity contribution in [3.63, 3.8) is 0 Å². The van der Waals surface area contributed by atoms with E-state index in [1.54, 1.807) is 36.5 Å². The normalized spacial score (nSPS) is 23.3. The van der Waals surface area contributed by atoms with Gasteiger partial charge in [-0.2, -0.15) is 0 Å². The summed E-state index contributed by atoms with van der Waals surface area (Å²) < 4.78 is 10.7. The zero-order valence-electron chi connectivity index (χ0n) is 12.6. The number of hydrogen-bond acceptors (Lipinski definition) is 4. The molecule has 2 atom stereocenters. The number of nitrogens with one attached hydrogen (secondary N) is 1. The molecule has 3 heterocycles. The Hall–Kier alpha value is -2.60. The molecule has 0 saturated carbocycles. The number of furan rings is 1. The number of methoxy groups -OCH3 is 1. The van der Waals surface area contributed by atoms with Crippen molar-refractivity contribution >= 4 is 17.5 Å². The first-order valence-corrected chi connectivity index (χ1v) is 7.50. The monoisotopic (exact) mass is 312 g/mol. The quantitative estimate of drug-likeness (QED) is 0.922. The van der Waals surface area contributed by atoms with E-state index in [-0.39, 0.29) is 17.9 Å². The summed E-state index contributed by atoms with van der Waals surface area (Å²) >= 11 is 0. The maximum absolute atomic E-state index is 12.9. The fourth-order valence-electron chi connectivity index (χ4n) is 3.24. The average Bonchev–Trinajstić information content (AvgIpc) is 3.22.